The molecule has 0 fully saturated rings. The molecule has 0 atom stereocenters. The second-order valence-corrected chi connectivity index (χ2v) is 4.18. The lowest BCUT2D eigenvalue weighted by atomic mass is 10.4. The Morgan fingerprint density at radius 1 is 1.20 bits per heavy atom. The average Bonchev–Trinajstić information content (AvgIpc) is 2.88. The van der Waals surface area contributed by atoms with E-state index in [1.807, 2.05) is 23.6 Å². The van der Waals surface area contributed by atoms with Gasteiger partial charge < -0.3 is 14.9 Å². The molecule has 2 heterocycles. The standard InChI is InChI=1S/C11H13NO2S/c12-6-9-3-4-10(14-9)7-13-8-11-2-1-5-15-11/h1-5H,6-8,12H2. The van der Waals surface area contributed by atoms with Gasteiger partial charge >= 0.3 is 0 Å². The van der Waals surface area contributed by atoms with E-state index in [2.05, 4.69) is 6.07 Å². The first-order valence-corrected chi connectivity index (χ1v) is 5.64. The van der Waals surface area contributed by atoms with Gasteiger partial charge in [0.2, 0.25) is 0 Å². The molecule has 0 saturated carbocycles. The molecule has 0 aliphatic carbocycles. The minimum atomic E-state index is 0.435. The number of rotatable bonds is 5. The molecule has 4 heteroatoms. The summed E-state index contributed by atoms with van der Waals surface area (Å²) in [5, 5.41) is 2.04. The summed E-state index contributed by atoms with van der Waals surface area (Å²) >= 11 is 1.69. The largest absolute Gasteiger partial charge is 0.462 e. The van der Waals surface area contributed by atoms with Gasteiger partial charge in [-0.05, 0) is 23.6 Å². The van der Waals surface area contributed by atoms with Gasteiger partial charge in [0.15, 0.2) is 0 Å². The third-order valence-electron chi connectivity index (χ3n) is 1.99. The van der Waals surface area contributed by atoms with Crippen LogP contribution in [-0.2, 0) is 24.5 Å². The first-order valence-electron chi connectivity index (χ1n) is 4.76. The van der Waals surface area contributed by atoms with Crippen LogP contribution in [0.15, 0.2) is 34.1 Å². The Bertz CT molecular complexity index is 394. The molecule has 2 N–H and O–H groups in total. The summed E-state index contributed by atoms with van der Waals surface area (Å²) in [6.45, 7) is 1.57. The molecule has 0 unspecified atom stereocenters. The third kappa shape index (κ3) is 2.92. The van der Waals surface area contributed by atoms with Gasteiger partial charge in [0, 0.05) is 4.88 Å². The first-order chi connectivity index (χ1) is 7.38. The molecule has 0 aromatic carbocycles. The Labute approximate surface area is 92.5 Å². The fourth-order valence-electron chi connectivity index (χ4n) is 1.26. The summed E-state index contributed by atoms with van der Waals surface area (Å²) in [6, 6.07) is 7.85. The molecule has 0 amide bonds. The fourth-order valence-corrected chi connectivity index (χ4v) is 1.90. The summed E-state index contributed by atoms with van der Waals surface area (Å²) in [6.07, 6.45) is 0. The number of ether oxygens (including phenoxy) is 1. The van der Waals surface area contributed by atoms with Crippen molar-refractivity contribution in [3.8, 4) is 0 Å². The van der Waals surface area contributed by atoms with Crippen LogP contribution in [0.1, 0.15) is 16.4 Å². The Kier molecular flexibility index (Phi) is 3.55. The van der Waals surface area contributed by atoms with Crippen LogP contribution in [0.3, 0.4) is 0 Å². The van der Waals surface area contributed by atoms with Crippen molar-refractivity contribution in [3.05, 3.63) is 46.0 Å². The molecule has 0 spiro atoms. The average molecular weight is 223 g/mol. The van der Waals surface area contributed by atoms with E-state index in [-0.39, 0.29) is 0 Å². The van der Waals surface area contributed by atoms with E-state index < -0.39 is 0 Å². The first kappa shape index (κ1) is 10.4. The van der Waals surface area contributed by atoms with Crippen LogP contribution < -0.4 is 5.73 Å². The minimum absolute atomic E-state index is 0.435. The molecule has 0 radical (unpaired) electrons. The van der Waals surface area contributed by atoms with E-state index in [4.69, 9.17) is 14.9 Å². The Hall–Kier alpha value is -1.10. The molecule has 15 heavy (non-hydrogen) atoms. The summed E-state index contributed by atoms with van der Waals surface area (Å²) in [5.74, 6) is 1.62. The van der Waals surface area contributed by atoms with Crippen molar-refractivity contribution in [2.45, 2.75) is 19.8 Å². The molecule has 2 rings (SSSR count). The molecule has 0 aliphatic heterocycles. The van der Waals surface area contributed by atoms with Gasteiger partial charge in [-0.3, -0.25) is 0 Å². The predicted molar refractivity (Wildman–Crippen MR) is 59.4 cm³/mol. The monoisotopic (exact) mass is 223 g/mol. The van der Waals surface area contributed by atoms with Gasteiger partial charge in [0.05, 0.1) is 13.2 Å². The van der Waals surface area contributed by atoms with Crippen molar-refractivity contribution in [2.24, 2.45) is 5.73 Å². The zero-order valence-electron chi connectivity index (χ0n) is 8.31. The number of hydrogen-bond acceptors (Lipinski definition) is 4. The van der Waals surface area contributed by atoms with Crippen molar-refractivity contribution < 1.29 is 9.15 Å². The molecule has 0 saturated heterocycles. The van der Waals surface area contributed by atoms with E-state index in [1.54, 1.807) is 11.3 Å². The maximum atomic E-state index is 5.50. The highest BCUT2D eigenvalue weighted by Gasteiger charge is 2.01. The lowest BCUT2D eigenvalue weighted by Gasteiger charge is -1.99. The van der Waals surface area contributed by atoms with Crippen LogP contribution in [0, 0.1) is 0 Å². The number of furan rings is 1. The molecular formula is C11H13NO2S. The molecule has 2 aromatic rings. The quantitative estimate of drug-likeness (QED) is 0.847. The van der Waals surface area contributed by atoms with Gasteiger partial charge in [0.25, 0.3) is 0 Å². The highest BCUT2D eigenvalue weighted by Crippen LogP contribution is 2.12. The fraction of sp³-hybridized carbons (Fsp3) is 0.273. The van der Waals surface area contributed by atoms with Crippen LogP contribution in [0.2, 0.25) is 0 Å². The van der Waals surface area contributed by atoms with Gasteiger partial charge in [-0.15, -0.1) is 11.3 Å². The topological polar surface area (TPSA) is 48.4 Å². The maximum Gasteiger partial charge on any atom is 0.129 e. The zero-order chi connectivity index (χ0) is 10.5. The Morgan fingerprint density at radius 2 is 2.07 bits per heavy atom. The summed E-state index contributed by atoms with van der Waals surface area (Å²) in [4.78, 5) is 1.22. The second kappa shape index (κ2) is 5.11. The van der Waals surface area contributed by atoms with Crippen molar-refractivity contribution in [1.82, 2.24) is 0 Å². The molecule has 0 aliphatic rings. The lowest BCUT2D eigenvalue weighted by Crippen LogP contribution is -1.93. The van der Waals surface area contributed by atoms with Crippen molar-refractivity contribution >= 4 is 11.3 Å². The van der Waals surface area contributed by atoms with Gasteiger partial charge in [-0.1, -0.05) is 6.07 Å². The molecule has 0 bridgehead atoms. The molecule has 80 valence electrons. The van der Waals surface area contributed by atoms with E-state index in [1.165, 1.54) is 4.88 Å². The summed E-state index contributed by atoms with van der Waals surface area (Å²) in [7, 11) is 0. The third-order valence-corrected chi connectivity index (χ3v) is 2.84. The lowest BCUT2D eigenvalue weighted by molar-refractivity contribution is 0.0940. The van der Waals surface area contributed by atoms with Crippen molar-refractivity contribution in [1.29, 1.82) is 0 Å². The number of hydrogen-bond donors (Lipinski definition) is 1. The molecule has 2 aromatic heterocycles. The van der Waals surface area contributed by atoms with Crippen LogP contribution in [0.5, 0.6) is 0 Å². The van der Waals surface area contributed by atoms with Gasteiger partial charge in [-0.2, -0.15) is 0 Å². The van der Waals surface area contributed by atoms with Crippen molar-refractivity contribution in [3.63, 3.8) is 0 Å². The smallest absolute Gasteiger partial charge is 0.129 e. The maximum absolute atomic E-state index is 5.50. The second-order valence-electron chi connectivity index (χ2n) is 3.14. The van der Waals surface area contributed by atoms with E-state index >= 15 is 0 Å². The van der Waals surface area contributed by atoms with Crippen LogP contribution in [-0.4, -0.2) is 0 Å². The molecule has 3 nitrogen and oxygen atoms in total. The Morgan fingerprint density at radius 3 is 2.73 bits per heavy atom. The Balaban J connectivity index is 1.78. The van der Waals surface area contributed by atoms with Gasteiger partial charge in [0.1, 0.15) is 18.1 Å². The number of thiophene rings is 1. The zero-order valence-corrected chi connectivity index (χ0v) is 9.13. The number of nitrogens with two attached hydrogens (primary N) is 1. The molecular weight excluding hydrogens is 210 g/mol. The minimum Gasteiger partial charge on any atom is -0.462 e. The predicted octanol–water partition coefficient (Wildman–Crippen LogP) is 2.52. The van der Waals surface area contributed by atoms with E-state index in [0.717, 1.165) is 11.5 Å². The summed E-state index contributed by atoms with van der Waals surface area (Å²) in [5.41, 5.74) is 5.44. The van der Waals surface area contributed by atoms with E-state index in [9.17, 15) is 0 Å². The van der Waals surface area contributed by atoms with E-state index in [0.29, 0.717) is 19.8 Å². The van der Waals surface area contributed by atoms with Crippen LogP contribution >= 0.6 is 11.3 Å². The SMILES string of the molecule is NCc1ccc(COCc2cccs2)o1. The highest BCUT2D eigenvalue weighted by atomic mass is 32.1. The van der Waals surface area contributed by atoms with Crippen LogP contribution in [0.4, 0.5) is 0 Å². The van der Waals surface area contributed by atoms with Crippen molar-refractivity contribution in [2.75, 3.05) is 0 Å². The highest BCUT2D eigenvalue weighted by molar-refractivity contribution is 7.09. The van der Waals surface area contributed by atoms with Crippen LogP contribution in [0.25, 0.3) is 0 Å². The normalized spacial score (nSPS) is 10.7. The summed E-state index contributed by atoms with van der Waals surface area (Å²) < 4.78 is 10.9. The van der Waals surface area contributed by atoms with Gasteiger partial charge in [-0.25, -0.2) is 0 Å².